The van der Waals surface area contributed by atoms with Crippen molar-refractivity contribution in [1.29, 1.82) is 0 Å². The molecule has 2 nitrogen and oxygen atoms in total. The van der Waals surface area contributed by atoms with E-state index in [0.717, 1.165) is 13.1 Å². The van der Waals surface area contributed by atoms with Crippen LogP contribution in [0.15, 0.2) is 48.5 Å². The van der Waals surface area contributed by atoms with Crippen LogP contribution < -0.4 is 0 Å². The first-order valence-electron chi connectivity index (χ1n) is 6.80. The van der Waals surface area contributed by atoms with E-state index in [-0.39, 0.29) is 11.6 Å². The third-order valence-corrected chi connectivity index (χ3v) is 3.71. The van der Waals surface area contributed by atoms with E-state index in [1.807, 2.05) is 12.1 Å². The van der Waals surface area contributed by atoms with E-state index in [9.17, 15) is 9.18 Å². The molecule has 2 aromatic carbocycles. The Labute approximate surface area is 117 Å². The summed E-state index contributed by atoms with van der Waals surface area (Å²) in [5.74, 6) is -0.357. The summed E-state index contributed by atoms with van der Waals surface area (Å²) in [5, 5.41) is 0. The van der Waals surface area contributed by atoms with Gasteiger partial charge in [0.1, 0.15) is 5.82 Å². The molecule has 0 aliphatic carbocycles. The van der Waals surface area contributed by atoms with Crippen LogP contribution in [0.3, 0.4) is 0 Å². The molecule has 2 aromatic rings. The van der Waals surface area contributed by atoms with Gasteiger partial charge in [0.15, 0.2) is 5.78 Å². The molecule has 1 aliphatic heterocycles. The highest BCUT2D eigenvalue weighted by atomic mass is 19.1. The van der Waals surface area contributed by atoms with Crippen molar-refractivity contribution in [3.63, 3.8) is 0 Å². The van der Waals surface area contributed by atoms with Crippen molar-refractivity contribution in [1.82, 2.24) is 4.90 Å². The third-order valence-electron chi connectivity index (χ3n) is 3.71. The van der Waals surface area contributed by atoms with E-state index in [1.165, 1.54) is 23.3 Å². The van der Waals surface area contributed by atoms with Gasteiger partial charge in [-0.25, -0.2) is 4.39 Å². The summed E-state index contributed by atoms with van der Waals surface area (Å²) < 4.78 is 13.1. The van der Waals surface area contributed by atoms with Gasteiger partial charge >= 0.3 is 0 Å². The van der Waals surface area contributed by atoms with Gasteiger partial charge in [-0.2, -0.15) is 0 Å². The molecular formula is C17H16FNO. The van der Waals surface area contributed by atoms with Crippen LogP contribution >= 0.6 is 0 Å². The van der Waals surface area contributed by atoms with E-state index in [1.54, 1.807) is 12.1 Å². The average Bonchev–Trinajstić information content (AvgIpc) is 2.87. The van der Waals surface area contributed by atoms with Crippen molar-refractivity contribution in [2.75, 3.05) is 6.54 Å². The number of ketones is 1. The lowest BCUT2D eigenvalue weighted by atomic mass is 10.1. The standard InChI is InChI=1S/C17H16FNO/c18-16-7-3-6-13(10-16)17(20)8-9-19-11-14-4-1-2-5-15(14)12-19/h1-7,10H,8-9,11-12H2. The molecule has 3 heteroatoms. The SMILES string of the molecule is O=C(CCN1Cc2ccccc2C1)c1cccc(F)c1. The maximum atomic E-state index is 13.1. The fraction of sp³-hybridized carbons (Fsp3) is 0.235. The summed E-state index contributed by atoms with van der Waals surface area (Å²) >= 11 is 0. The number of halogens is 1. The Morgan fingerprint density at radius 2 is 1.75 bits per heavy atom. The van der Waals surface area contributed by atoms with Gasteiger partial charge in [-0.3, -0.25) is 9.69 Å². The van der Waals surface area contributed by atoms with Crippen LogP contribution in [0.2, 0.25) is 0 Å². The maximum Gasteiger partial charge on any atom is 0.164 e. The second-order valence-corrected chi connectivity index (χ2v) is 5.16. The largest absolute Gasteiger partial charge is 0.294 e. The molecule has 0 unspecified atom stereocenters. The monoisotopic (exact) mass is 269 g/mol. The molecular weight excluding hydrogens is 253 g/mol. The molecule has 0 saturated heterocycles. The molecule has 102 valence electrons. The second-order valence-electron chi connectivity index (χ2n) is 5.16. The van der Waals surface area contributed by atoms with Gasteiger partial charge in [0.25, 0.3) is 0 Å². The van der Waals surface area contributed by atoms with Crippen molar-refractivity contribution in [2.24, 2.45) is 0 Å². The topological polar surface area (TPSA) is 20.3 Å². The summed E-state index contributed by atoms with van der Waals surface area (Å²) in [5.41, 5.74) is 3.14. The summed E-state index contributed by atoms with van der Waals surface area (Å²) in [7, 11) is 0. The van der Waals surface area contributed by atoms with Crippen molar-refractivity contribution in [2.45, 2.75) is 19.5 Å². The van der Waals surface area contributed by atoms with Crippen LogP contribution in [0, 0.1) is 5.82 Å². The highest BCUT2D eigenvalue weighted by Crippen LogP contribution is 2.22. The van der Waals surface area contributed by atoms with E-state index < -0.39 is 0 Å². The first-order chi connectivity index (χ1) is 9.72. The second kappa shape index (κ2) is 5.55. The van der Waals surface area contributed by atoms with E-state index >= 15 is 0 Å². The molecule has 0 amide bonds. The third kappa shape index (κ3) is 2.78. The Balaban J connectivity index is 1.58. The quantitative estimate of drug-likeness (QED) is 0.793. The highest BCUT2D eigenvalue weighted by molar-refractivity contribution is 5.96. The number of hydrogen-bond donors (Lipinski definition) is 0. The van der Waals surface area contributed by atoms with Gasteiger partial charge in [0.2, 0.25) is 0 Å². The van der Waals surface area contributed by atoms with Crippen molar-refractivity contribution in [3.05, 3.63) is 71.0 Å². The Morgan fingerprint density at radius 1 is 1.05 bits per heavy atom. The minimum Gasteiger partial charge on any atom is -0.294 e. The zero-order valence-corrected chi connectivity index (χ0v) is 11.2. The van der Waals surface area contributed by atoms with Gasteiger partial charge in [0, 0.05) is 31.6 Å². The highest BCUT2D eigenvalue weighted by Gasteiger charge is 2.18. The normalized spacial score (nSPS) is 14.2. The molecule has 0 spiro atoms. The zero-order valence-electron chi connectivity index (χ0n) is 11.2. The number of rotatable bonds is 4. The molecule has 0 atom stereocenters. The predicted molar refractivity (Wildman–Crippen MR) is 75.9 cm³/mol. The van der Waals surface area contributed by atoms with Gasteiger partial charge in [-0.05, 0) is 23.3 Å². The Kier molecular flexibility index (Phi) is 3.61. The van der Waals surface area contributed by atoms with Crippen molar-refractivity contribution < 1.29 is 9.18 Å². The predicted octanol–water partition coefficient (Wildman–Crippen LogP) is 3.41. The minimum absolute atomic E-state index is 0.000422. The molecule has 3 rings (SSSR count). The summed E-state index contributed by atoms with van der Waals surface area (Å²) in [6, 6.07) is 14.3. The van der Waals surface area contributed by atoms with Gasteiger partial charge < -0.3 is 0 Å². The Hall–Kier alpha value is -2.00. The number of benzene rings is 2. The number of carbonyl (C=O) groups excluding carboxylic acids is 1. The molecule has 0 aromatic heterocycles. The fourth-order valence-corrected chi connectivity index (χ4v) is 2.63. The lowest BCUT2D eigenvalue weighted by Gasteiger charge is -2.13. The summed E-state index contributed by atoms with van der Waals surface area (Å²) in [6.07, 6.45) is 0.428. The lowest BCUT2D eigenvalue weighted by molar-refractivity contribution is 0.0963. The minimum atomic E-state index is -0.357. The number of nitrogens with zero attached hydrogens (tertiary/aromatic N) is 1. The van der Waals surface area contributed by atoms with Crippen LogP contribution in [0.5, 0.6) is 0 Å². The maximum absolute atomic E-state index is 13.1. The van der Waals surface area contributed by atoms with E-state index in [0.29, 0.717) is 18.5 Å². The van der Waals surface area contributed by atoms with E-state index in [2.05, 4.69) is 17.0 Å². The Bertz CT molecular complexity index is 613. The first-order valence-corrected chi connectivity index (χ1v) is 6.80. The van der Waals surface area contributed by atoms with Crippen molar-refractivity contribution >= 4 is 5.78 Å². The van der Waals surface area contributed by atoms with E-state index in [4.69, 9.17) is 0 Å². The van der Waals surface area contributed by atoms with Crippen LogP contribution in [0.4, 0.5) is 4.39 Å². The van der Waals surface area contributed by atoms with Crippen molar-refractivity contribution in [3.8, 4) is 0 Å². The summed E-state index contributed by atoms with van der Waals surface area (Å²) in [6.45, 7) is 2.50. The Morgan fingerprint density at radius 3 is 2.40 bits per heavy atom. The van der Waals surface area contributed by atoms with Gasteiger partial charge in [-0.15, -0.1) is 0 Å². The fourth-order valence-electron chi connectivity index (χ4n) is 2.63. The van der Waals surface area contributed by atoms with Crippen LogP contribution in [-0.4, -0.2) is 17.2 Å². The van der Waals surface area contributed by atoms with Gasteiger partial charge in [0.05, 0.1) is 0 Å². The molecule has 1 heterocycles. The molecule has 0 N–H and O–H groups in total. The first kappa shape index (κ1) is 13.0. The van der Waals surface area contributed by atoms with Crippen LogP contribution in [0.25, 0.3) is 0 Å². The van der Waals surface area contributed by atoms with Crippen LogP contribution in [-0.2, 0) is 13.1 Å². The lowest BCUT2D eigenvalue weighted by Crippen LogP contribution is -2.20. The number of Topliss-reactive ketones (excluding diaryl/α,β-unsaturated/α-hetero) is 1. The molecule has 1 aliphatic rings. The number of fused-ring (bicyclic) bond motifs is 1. The molecule has 0 fully saturated rings. The number of hydrogen-bond acceptors (Lipinski definition) is 2. The molecule has 0 radical (unpaired) electrons. The van der Waals surface area contributed by atoms with Gasteiger partial charge in [-0.1, -0.05) is 36.4 Å². The zero-order chi connectivity index (χ0) is 13.9. The average molecular weight is 269 g/mol. The molecule has 0 saturated carbocycles. The smallest absolute Gasteiger partial charge is 0.164 e. The number of carbonyl (C=O) groups is 1. The molecule has 0 bridgehead atoms. The molecule has 20 heavy (non-hydrogen) atoms. The van der Waals surface area contributed by atoms with Crippen LogP contribution in [0.1, 0.15) is 27.9 Å². The summed E-state index contributed by atoms with van der Waals surface area (Å²) in [4.78, 5) is 14.3.